The second-order valence-electron chi connectivity index (χ2n) is 2.74. The Morgan fingerprint density at radius 3 is 3.07 bits per heavy atom. The maximum atomic E-state index is 10.9. The third kappa shape index (κ3) is 3.39. The number of nitrogens with zero attached hydrogens (tertiary/aromatic N) is 1. The van der Waals surface area contributed by atoms with Crippen LogP contribution in [0.25, 0.3) is 0 Å². The van der Waals surface area contributed by atoms with Gasteiger partial charge in [-0.3, -0.25) is 4.79 Å². The summed E-state index contributed by atoms with van der Waals surface area (Å²) in [7, 11) is 1.30. The number of rotatable bonds is 5. The molecule has 7 nitrogen and oxygen atoms in total. The molecule has 0 bridgehead atoms. The summed E-state index contributed by atoms with van der Waals surface area (Å²) < 4.78 is 4.69. The first kappa shape index (κ1) is 11.2. The maximum absolute atomic E-state index is 10.9. The number of anilines is 1. The molecule has 7 heteroatoms. The highest BCUT2D eigenvalue weighted by atomic mass is 16.5. The van der Waals surface area contributed by atoms with Gasteiger partial charge in [-0.15, -0.1) is 0 Å². The number of aromatic amines is 1. The zero-order valence-electron chi connectivity index (χ0n) is 8.06. The molecule has 1 unspecified atom stereocenters. The number of methoxy groups -OCH3 is 1. The van der Waals surface area contributed by atoms with Gasteiger partial charge in [0.2, 0.25) is 0 Å². The van der Waals surface area contributed by atoms with E-state index >= 15 is 0 Å². The van der Waals surface area contributed by atoms with E-state index in [1.165, 1.54) is 19.5 Å². The number of carbonyl (C=O) groups is 1. The number of carboxylic acids is 1. The smallest absolute Gasteiger partial charge is 0.334 e. The van der Waals surface area contributed by atoms with Crippen molar-refractivity contribution in [2.24, 2.45) is 0 Å². The molecule has 0 saturated carbocycles. The molecule has 0 aromatic carbocycles. The van der Waals surface area contributed by atoms with Crippen molar-refractivity contribution in [1.29, 1.82) is 0 Å². The van der Waals surface area contributed by atoms with Crippen LogP contribution in [-0.2, 0) is 9.53 Å². The van der Waals surface area contributed by atoms with E-state index in [4.69, 9.17) is 5.11 Å². The second kappa shape index (κ2) is 5.11. The van der Waals surface area contributed by atoms with Gasteiger partial charge in [0.15, 0.2) is 6.10 Å². The summed E-state index contributed by atoms with van der Waals surface area (Å²) in [4.78, 5) is 27.6. The highest BCUT2D eigenvalue weighted by Gasteiger charge is 2.15. The highest BCUT2D eigenvalue weighted by Crippen LogP contribution is 1.97. The van der Waals surface area contributed by atoms with Crippen LogP contribution in [0.2, 0.25) is 0 Å². The Balaban J connectivity index is 2.56. The fraction of sp³-hybridized carbons (Fsp3) is 0.375. The standard InChI is InChI=1S/C8H11N3O4/c1-15-5(8(13)14)3-9-6-2-7(12)11-4-10-6/h2,4-5H,3H2,1H3,(H,13,14)(H2,9,10,11,12). The molecule has 82 valence electrons. The highest BCUT2D eigenvalue weighted by molar-refractivity contribution is 5.73. The zero-order chi connectivity index (χ0) is 11.3. The fourth-order valence-electron chi connectivity index (χ4n) is 0.934. The molecule has 1 aromatic rings. The molecule has 0 amide bonds. The zero-order valence-corrected chi connectivity index (χ0v) is 8.06. The number of aromatic nitrogens is 2. The minimum atomic E-state index is -1.07. The SMILES string of the molecule is COC(CNc1cc(=O)[nH]cn1)C(=O)O. The van der Waals surface area contributed by atoms with Crippen LogP contribution in [0.4, 0.5) is 5.82 Å². The minimum absolute atomic E-state index is 0.0439. The number of nitrogens with one attached hydrogen (secondary N) is 2. The van der Waals surface area contributed by atoms with Crippen molar-refractivity contribution >= 4 is 11.8 Å². The van der Waals surface area contributed by atoms with E-state index in [2.05, 4.69) is 20.0 Å². The largest absolute Gasteiger partial charge is 0.479 e. The maximum Gasteiger partial charge on any atom is 0.334 e. The Hall–Kier alpha value is -1.89. The summed E-state index contributed by atoms with van der Waals surface area (Å²) in [5, 5.41) is 11.3. The molecular formula is C8H11N3O4. The number of carboxylic acid groups (broad SMARTS) is 1. The van der Waals surface area contributed by atoms with Gasteiger partial charge in [0.25, 0.3) is 5.56 Å². The van der Waals surface area contributed by atoms with Crippen molar-refractivity contribution < 1.29 is 14.6 Å². The summed E-state index contributed by atoms with van der Waals surface area (Å²) in [6, 6.07) is 1.23. The molecule has 1 aromatic heterocycles. The lowest BCUT2D eigenvalue weighted by Crippen LogP contribution is -2.30. The molecule has 15 heavy (non-hydrogen) atoms. The quantitative estimate of drug-likeness (QED) is 0.596. The average molecular weight is 213 g/mol. The Kier molecular flexibility index (Phi) is 3.81. The second-order valence-corrected chi connectivity index (χ2v) is 2.74. The molecule has 0 aliphatic carbocycles. The van der Waals surface area contributed by atoms with Crippen LogP contribution in [0.15, 0.2) is 17.2 Å². The van der Waals surface area contributed by atoms with Gasteiger partial charge in [0.1, 0.15) is 5.82 Å². The molecule has 1 rings (SSSR count). The van der Waals surface area contributed by atoms with Crippen LogP contribution in [0.3, 0.4) is 0 Å². The van der Waals surface area contributed by atoms with E-state index in [0.717, 1.165) is 0 Å². The predicted molar refractivity (Wildman–Crippen MR) is 51.8 cm³/mol. The van der Waals surface area contributed by atoms with E-state index in [1.54, 1.807) is 0 Å². The third-order valence-electron chi connectivity index (χ3n) is 1.71. The lowest BCUT2D eigenvalue weighted by Gasteiger charge is -2.11. The summed E-state index contributed by atoms with van der Waals surface area (Å²) in [5.41, 5.74) is -0.309. The fourth-order valence-corrected chi connectivity index (χ4v) is 0.934. The summed E-state index contributed by atoms with van der Waals surface area (Å²) >= 11 is 0. The molecule has 3 N–H and O–H groups in total. The number of hydrogen-bond acceptors (Lipinski definition) is 5. The van der Waals surface area contributed by atoms with E-state index in [1.807, 2.05) is 0 Å². The number of H-pyrrole nitrogens is 1. The Morgan fingerprint density at radius 2 is 2.53 bits per heavy atom. The molecule has 0 fully saturated rings. The lowest BCUT2D eigenvalue weighted by molar-refractivity contribution is -0.147. The Bertz CT molecular complexity index is 389. The van der Waals surface area contributed by atoms with Gasteiger partial charge in [-0.05, 0) is 0 Å². The van der Waals surface area contributed by atoms with Crippen LogP contribution < -0.4 is 10.9 Å². The van der Waals surface area contributed by atoms with E-state index in [0.29, 0.717) is 5.82 Å². The molecule has 1 atom stereocenters. The van der Waals surface area contributed by atoms with Gasteiger partial charge in [0, 0.05) is 13.2 Å². The third-order valence-corrected chi connectivity index (χ3v) is 1.71. The minimum Gasteiger partial charge on any atom is -0.479 e. The number of aliphatic carboxylic acids is 1. The van der Waals surface area contributed by atoms with E-state index < -0.39 is 12.1 Å². The Morgan fingerprint density at radius 1 is 1.80 bits per heavy atom. The number of ether oxygens (including phenoxy) is 1. The van der Waals surface area contributed by atoms with Crippen molar-refractivity contribution in [2.45, 2.75) is 6.10 Å². The van der Waals surface area contributed by atoms with Crippen molar-refractivity contribution in [3.63, 3.8) is 0 Å². The summed E-state index contributed by atoms with van der Waals surface area (Å²) in [6.45, 7) is 0.0439. The van der Waals surface area contributed by atoms with Gasteiger partial charge in [0.05, 0.1) is 12.9 Å². The molecule has 1 heterocycles. The van der Waals surface area contributed by atoms with E-state index in [9.17, 15) is 9.59 Å². The van der Waals surface area contributed by atoms with Crippen LogP contribution in [0, 0.1) is 0 Å². The number of hydrogen-bond donors (Lipinski definition) is 3. The first-order valence-electron chi connectivity index (χ1n) is 4.17. The molecule has 0 spiro atoms. The molecule has 0 saturated heterocycles. The van der Waals surface area contributed by atoms with Gasteiger partial charge in [-0.2, -0.15) is 0 Å². The van der Waals surface area contributed by atoms with Gasteiger partial charge in [-0.1, -0.05) is 0 Å². The van der Waals surface area contributed by atoms with Crippen molar-refractivity contribution in [3.8, 4) is 0 Å². The molecular weight excluding hydrogens is 202 g/mol. The Labute approximate surface area is 85.1 Å². The van der Waals surface area contributed by atoms with E-state index in [-0.39, 0.29) is 12.1 Å². The van der Waals surface area contributed by atoms with Crippen LogP contribution in [0.5, 0.6) is 0 Å². The first-order chi connectivity index (χ1) is 7.13. The molecule has 0 aliphatic heterocycles. The van der Waals surface area contributed by atoms with Crippen LogP contribution in [0.1, 0.15) is 0 Å². The normalized spacial score (nSPS) is 12.1. The predicted octanol–water partition coefficient (Wildman–Crippen LogP) is -0.719. The van der Waals surface area contributed by atoms with Crippen molar-refractivity contribution in [3.05, 3.63) is 22.7 Å². The van der Waals surface area contributed by atoms with Gasteiger partial charge >= 0.3 is 5.97 Å². The van der Waals surface area contributed by atoms with Crippen LogP contribution in [-0.4, -0.2) is 40.8 Å². The lowest BCUT2D eigenvalue weighted by atomic mass is 10.3. The molecule has 0 radical (unpaired) electrons. The van der Waals surface area contributed by atoms with Crippen LogP contribution >= 0.6 is 0 Å². The van der Waals surface area contributed by atoms with Gasteiger partial charge in [-0.25, -0.2) is 9.78 Å². The monoisotopic (exact) mass is 213 g/mol. The molecule has 0 aliphatic rings. The van der Waals surface area contributed by atoms with Gasteiger partial charge < -0.3 is 20.1 Å². The van der Waals surface area contributed by atoms with Crippen molar-refractivity contribution in [2.75, 3.05) is 19.0 Å². The summed E-state index contributed by atoms with van der Waals surface area (Å²) in [6.07, 6.45) is 0.263. The summed E-state index contributed by atoms with van der Waals surface area (Å²) in [5.74, 6) is -0.767. The van der Waals surface area contributed by atoms with Crippen molar-refractivity contribution in [1.82, 2.24) is 9.97 Å². The average Bonchev–Trinajstić information content (AvgIpc) is 2.18. The first-order valence-corrected chi connectivity index (χ1v) is 4.17. The topological polar surface area (TPSA) is 104 Å².